The van der Waals surface area contributed by atoms with Crippen molar-refractivity contribution in [1.82, 2.24) is 19.6 Å². The average Bonchev–Trinajstić information content (AvgIpc) is 2.74. The molecule has 2 amide bonds. The van der Waals surface area contributed by atoms with Crippen LogP contribution in [0.25, 0.3) is 0 Å². The fourth-order valence-corrected chi connectivity index (χ4v) is 2.36. The van der Waals surface area contributed by atoms with Crippen LogP contribution in [-0.2, 0) is 16.1 Å². The number of hydrogen-bond donors (Lipinski definition) is 1. The van der Waals surface area contributed by atoms with Gasteiger partial charge in [0.1, 0.15) is 6.54 Å². The number of carbonyl (C=O) groups excluding carboxylic acids is 2. The fraction of sp³-hybridized carbons (Fsp3) is 0.615. The van der Waals surface area contributed by atoms with Gasteiger partial charge in [-0.3, -0.25) is 9.48 Å². The molecule has 1 aromatic heterocycles. The molecule has 1 saturated heterocycles. The van der Waals surface area contributed by atoms with Crippen LogP contribution in [0.3, 0.4) is 0 Å². The first-order chi connectivity index (χ1) is 9.93. The molecule has 0 saturated carbocycles. The molecule has 8 nitrogen and oxygen atoms in total. The van der Waals surface area contributed by atoms with E-state index >= 15 is 0 Å². The Morgan fingerprint density at radius 1 is 1.19 bits per heavy atom. The molecular weight excluding hydrogens is 274 g/mol. The van der Waals surface area contributed by atoms with Crippen LogP contribution in [0.4, 0.5) is 10.5 Å². The number of nitrogens with zero attached hydrogens (tertiary/aromatic N) is 4. The molecule has 1 aromatic rings. The maximum Gasteiger partial charge on any atom is 0.409 e. The van der Waals surface area contributed by atoms with Gasteiger partial charge in [0.05, 0.1) is 24.2 Å². The second kappa shape index (κ2) is 6.02. The van der Waals surface area contributed by atoms with Crippen molar-refractivity contribution in [2.24, 2.45) is 0 Å². The summed E-state index contributed by atoms with van der Waals surface area (Å²) in [6.07, 6.45) is -0.353. The van der Waals surface area contributed by atoms with E-state index < -0.39 is 0 Å². The zero-order valence-electron chi connectivity index (χ0n) is 12.6. The van der Waals surface area contributed by atoms with E-state index in [-0.39, 0.29) is 18.5 Å². The highest BCUT2D eigenvalue weighted by Gasteiger charge is 2.25. The SMILES string of the molecule is COC(=O)N1CCN(C(=O)Cn2nc(C)c(N)c2C)CC1. The van der Waals surface area contributed by atoms with Gasteiger partial charge < -0.3 is 20.3 Å². The number of nitrogen functional groups attached to an aromatic ring is 1. The maximum absolute atomic E-state index is 12.3. The van der Waals surface area contributed by atoms with Crippen LogP contribution in [0.15, 0.2) is 0 Å². The summed E-state index contributed by atoms with van der Waals surface area (Å²) in [6, 6.07) is 0. The molecule has 2 N–H and O–H groups in total. The number of methoxy groups -OCH3 is 1. The summed E-state index contributed by atoms with van der Waals surface area (Å²) in [4.78, 5) is 27.0. The van der Waals surface area contributed by atoms with Crippen LogP contribution in [-0.4, -0.2) is 64.9 Å². The van der Waals surface area contributed by atoms with Crippen LogP contribution in [0, 0.1) is 13.8 Å². The minimum absolute atomic E-state index is 0.0230. The fourth-order valence-electron chi connectivity index (χ4n) is 2.36. The van der Waals surface area contributed by atoms with Gasteiger partial charge in [0, 0.05) is 26.2 Å². The first-order valence-electron chi connectivity index (χ1n) is 6.84. The highest BCUT2D eigenvalue weighted by Crippen LogP contribution is 2.15. The van der Waals surface area contributed by atoms with Crippen LogP contribution in [0.5, 0.6) is 0 Å². The number of anilines is 1. The molecule has 0 aliphatic carbocycles. The van der Waals surface area contributed by atoms with Gasteiger partial charge >= 0.3 is 6.09 Å². The number of carbonyl (C=O) groups is 2. The number of amides is 2. The van der Waals surface area contributed by atoms with E-state index in [1.807, 2.05) is 13.8 Å². The van der Waals surface area contributed by atoms with Crippen molar-refractivity contribution >= 4 is 17.7 Å². The Morgan fingerprint density at radius 2 is 1.76 bits per heavy atom. The van der Waals surface area contributed by atoms with Crippen LogP contribution < -0.4 is 5.73 Å². The van der Waals surface area contributed by atoms with Crippen molar-refractivity contribution < 1.29 is 14.3 Å². The zero-order valence-corrected chi connectivity index (χ0v) is 12.6. The van der Waals surface area contributed by atoms with E-state index in [0.717, 1.165) is 11.4 Å². The molecule has 0 bridgehead atoms. The lowest BCUT2D eigenvalue weighted by atomic mass is 10.3. The van der Waals surface area contributed by atoms with Crippen molar-refractivity contribution in [3.05, 3.63) is 11.4 Å². The standard InChI is InChI=1S/C13H21N5O3/c1-9-12(14)10(2)18(15-9)8-11(19)16-4-6-17(7-5-16)13(20)21-3/h4-8,14H2,1-3H3. The van der Waals surface area contributed by atoms with E-state index in [1.54, 1.807) is 14.5 Å². The highest BCUT2D eigenvalue weighted by molar-refractivity contribution is 5.77. The number of hydrogen-bond acceptors (Lipinski definition) is 5. The van der Waals surface area contributed by atoms with Crippen molar-refractivity contribution in [3.8, 4) is 0 Å². The molecule has 2 heterocycles. The van der Waals surface area contributed by atoms with Gasteiger partial charge in [-0.1, -0.05) is 0 Å². The summed E-state index contributed by atoms with van der Waals surface area (Å²) < 4.78 is 6.29. The maximum atomic E-state index is 12.3. The summed E-state index contributed by atoms with van der Waals surface area (Å²) in [5.74, 6) is -0.0230. The average molecular weight is 295 g/mol. The van der Waals surface area contributed by atoms with Crippen molar-refractivity contribution in [2.75, 3.05) is 39.0 Å². The monoisotopic (exact) mass is 295 g/mol. The minimum atomic E-state index is -0.353. The van der Waals surface area contributed by atoms with Crippen molar-refractivity contribution in [2.45, 2.75) is 20.4 Å². The quantitative estimate of drug-likeness (QED) is 0.828. The third kappa shape index (κ3) is 3.09. The molecule has 2 rings (SSSR count). The van der Waals surface area contributed by atoms with Gasteiger partial charge in [-0.25, -0.2) is 4.79 Å². The summed E-state index contributed by atoms with van der Waals surface area (Å²) in [5.41, 5.74) is 8.01. The van der Waals surface area contributed by atoms with Crippen LogP contribution >= 0.6 is 0 Å². The van der Waals surface area contributed by atoms with E-state index in [4.69, 9.17) is 5.73 Å². The molecule has 0 spiro atoms. The Morgan fingerprint density at radius 3 is 2.24 bits per heavy atom. The lowest BCUT2D eigenvalue weighted by Crippen LogP contribution is -2.51. The van der Waals surface area contributed by atoms with Crippen LogP contribution in [0.2, 0.25) is 0 Å². The first-order valence-corrected chi connectivity index (χ1v) is 6.84. The van der Waals surface area contributed by atoms with Gasteiger partial charge in [-0.2, -0.15) is 5.10 Å². The Balaban J connectivity index is 1.93. The Bertz CT molecular complexity index is 546. The number of rotatable bonds is 2. The van der Waals surface area contributed by atoms with Crippen molar-refractivity contribution in [1.29, 1.82) is 0 Å². The second-order valence-electron chi connectivity index (χ2n) is 5.08. The number of aromatic nitrogens is 2. The van der Waals surface area contributed by atoms with Gasteiger partial charge in [-0.15, -0.1) is 0 Å². The number of piperazine rings is 1. The topological polar surface area (TPSA) is 93.7 Å². The lowest BCUT2D eigenvalue weighted by molar-refractivity contribution is -0.133. The number of aryl methyl sites for hydroxylation is 1. The summed E-state index contributed by atoms with van der Waals surface area (Å²) >= 11 is 0. The molecule has 0 radical (unpaired) electrons. The predicted molar refractivity (Wildman–Crippen MR) is 76.7 cm³/mol. The highest BCUT2D eigenvalue weighted by atomic mass is 16.5. The number of ether oxygens (including phenoxy) is 1. The van der Waals surface area contributed by atoms with E-state index in [9.17, 15) is 9.59 Å². The summed E-state index contributed by atoms with van der Waals surface area (Å²) in [5, 5.41) is 4.26. The first kappa shape index (κ1) is 15.1. The zero-order chi connectivity index (χ0) is 15.6. The molecule has 0 atom stereocenters. The Hall–Kier alpha value is -2.25. The molecule has 8 heteroatoms. The molecule has 21 heavy (non-hydrogen) atoms. The molecule has 1 aliphatic rings. The predicted octanol–water partition coefficient (Wildman–Crippen LogP) is -0.00726. The van der Waals surface area contributed by atoms with Gasteiger partial charge in [0.2, 0.25) is 5.91 Å². The minimum Gasteiger partial charge on any atom is -0.453 e. The van der Waals surface area contributed by atoms with E-state index in [1.165, 1.54) is 7.11 Å². The second-order valence-corrected chi connectivity index (χ2v) is 5.08. The number of nitrogens with two attached hydrogens (primary N) is 1. The van der Waals surface area contributed by atoms with Gasteiger partial charge in [0.15, 0.2) is 0 Å². The summed E-state index contributed by atoms with van der Waals surface area (Å²) in [6.45, 7) is 5.80. The summed E-state index contributed by atoms with van der Waals surface area (Å²) in [7, 11) is 1.35. The third-order valence-corrected chi connectivity index (χ3v) is 3.79. The molecular formula is C13H21N5O3. The van der Waals surface area contributed by atoms with E-state index in [0.29, 0.717) is 31.9 Å². The van der Waals surface area contributed by atoms with Crippen LogP contribution in [0.1, 0.15) is 11.4 Å². The molecule has 0 unspecified atom stereocenters. The normalized spacial score (nSPS) is 15.2. The molecule has 116 valence electrons. The Labute approximate surface area is 123 Å². The lowest BCUT2D eigenvalue weighted by Gasteiger charge is -2.33. The molecule has 0 aromatic carbocycles. The van der Waals surface area contributed by atoms with E-state index in [2.05, 4.69) is 9.84 Å². The third-order valence-electron chi connectivity index (χ3n) is 3.79. The van der Waals surface area contributed by atoms with Crippen molar-refractivity contribution in [3.63, 3.8) is 0 Å². The van der Waals surface area contributed by atoms with Gasteiger partial charge in [-0.05, 0) is 13.8 Å². The smallest absolute Gasteiger partial charge is 0.409 e. The largest absolute Gasteiger partial charge is 0.453 e. The van der Waals surface area contributed by atoms with Gasteiger partial charge in [0.25, 0.3) is 0 Å². The Kier molecular flexibility index (Phi) is 4.35. The molecule has 1 fully saturated rings. The molecule has 1 aliphatic heterocycles.